The number of amides is 1. The average Bonchev–Trinajstić information content (AvgIpc) is 3.25. The summed E-state index contributed by atoms with van der Waals surface area (Å²) in [5.41, 5.74) is 2.31. The van der Waals surface area contributed by atoms with Gasteiger partial charge in [-0.25, -0.2) is 0 Å². The Kier molecular flexibility index (Phi) is 11.4. The first-order valence-corrected chi connectivity index (χ1v) is 13.2. The fourth-order valence-corrected chi connectivity index (χ4v) is 4.38. The second-order valence-electron chi connectivity index (χ2n) is 9.63. The van der Waals surface area contributed by atoms with E-state index in [4.69, 9.17) is 4.74 Å². The lowest BCUT2D eigenvalue weighted by Gasteiger charge is -2.23. The van der Waals surface area contributed by atoms with Crippen molar-refractivity contribution in [2.24, 2.45) is 0 Å². The molecular weight excluding hydrogens is 509 g/mol. The van der Waals surface area contributed by atoms with Crippen LogP contribution < -0.4 is 20.7 Å². The van der Waals surface area contributed by atoms with Crippen molar-refractivity contribution in [3.8, 4) is 5.75 Å². The van der Waals surface area contributed by atoms with Gasteiger partial charge in [0, 0.05) is 49.5 Å². The Morgan fingerprint density at radius 1 is 1.15 bits per heavy atom. The van der Waals surface area contributed by atoms with Crippen LogP contribution in [-0.4, -0.2) is 56.4 Å². The first-order valence-electron chi connectivity index (χ1n) is 13.2. The molecule has 3 rings (SSSR count). The molecule has 1 aliphatic rings. The Hall–Kier alpha value is -3.37. The number of halogens is 3. The van der Waals surface area contributed by atoms with Gasteiger partial charge in [0.2, 0.25) is 0 Å². The Morgan fingerprint density at radius 3 is 2.72 bits per heavy atom. The number of hydrogen-bond donors (Lipinski definition) is 3. The van der Waals surface area contributed by atoms with E-state index in [-0.39, 0.29) is 11.9 Å². The Labute approximate surface area is 227 Å². The Morgan fingerprint density at radius 2 is 1.97 bits per heavy atom. The minimum Gasteiger partial charge on any atom is -0.494 e. The molecule has 0 aliphatic carbocycles. The number of likely N-dealkylation sites (N-methyl/N-ethyl adjacent to an activating group) is 1. The van der Waals surface area contributed by atoms with E-state index in [0.29, 0.717) is 50.3 Å². The highest BCUT2D eigenvalue weighted by atomic mass is 19.4. The van der Waals surface area contributed by atoms with Gasteiger partial charge in [-0.2, -0.15) is 13.2 Å². The lowest BCUT2D eigenvalue weighted by molar-refractivity contribution is -0.137. The summed E-state index contributed by atoms with van der Waals surface area (Å²) in [5.74, 6) is 0.731. The maximum absolute atomic E-state index is 12.9. The molecule has 7 nitrogen and oxygen atoms in total. The number of aldehydes is 1. The molecule has 39 heavy (non-hydrogen) atoms. The Bertz CT molecular complexity index is 1140. The van der Waals surface area contributed by atoms with E-state index in [1.807, 2.05) is 32.2 Å². The standard InChI is InChI=1S/C29H37F3N4O3/c1-21(7-6-13-37)36-20-23-15-26(10-11-27(23)28(36)38)39-14-4-3-12-34-18-22(17-33-2)19-35-25-9-5-8-24(16-25)29(30,31)32/h5,8-11,13,15-16,19,21,33-35H,3-4,6-7,12,14,17-18,20H2,1-2H3/b22-19+. The number of anilines is 1. The van der Waals surface area contributed by atoms with Crippen LogP contribution in [-0.2, 0) is 17.5 Å². The minimum absolute atomic E-state index is 0.00209. The first kappa shape index (κ1) is 30.2. The summed E-state index contributed by atoms with van der Waals surface area (Å²) < 4.78 is 44.7. The van der Waals surface area contributed by atoms with E-state index in [1.54, 1.807) is 17.2 Å². The van der Waals surface area contributed by atoms with Crippen molar-refractivity contribution >= 4 is 17.9 Å². The van der Waals surface area contributed by atoms with E-state index < -0.39 is 11.7 Å². The van der Waals surface area contributed by atoms with E-state index in [9.17, 15) is 22.8 Å². The van der Waals surface area contributed by atoms with Crippen LogP contribution >= 0.6 is 0 Å². The van der Waals surface area contributed by atoms with Crippen LogP contribution in [0.4, 0.5) is 18.9 Å². The molecule has 1 atom stereocenters. The maximum atomic E-state index is 12.9. The molecule has 0 radical (unpaired) electrons. The van der Waals surface area contributed by atoms with Gasteiger partial charge in [-0.15, -0.1) is 0 Å². The number of carbonyl (C=O) groups is 2. The summed E-state index contributed by atoms with van der Waals surface area (Å²) in [5, 5.41) is 9.39. The van der Waals surface area contributed by atoms with Crippen LogP contribution in [0.25, 0.3) is 0 Å². The lowest BCUT2D eigenvalue weighted by Crippen LogP contribution is -2.33. The number of rotatable bonds is 16. The van der Waals surface area contributed by atoms with E-state index in [1.165, 1.54) is 6.07 Å². The largest absolute Gasteiger partial charge is 0.494 e. The van der Waals surface area contributed by atoms with Gasteiger partial charge in [0.15, 0.2) is 0 Å². The number of alkyl halides is 3. The predicted octanol–water partition coefficient (Wildman–Crippen LogP) is 4.99. The molecule has 0 bridgehead atoms. The number of unbranched alkanes of at least 4 members (excludes halogenated alkanes) is 1. The van der Waals surface area contributed by atoms with Gasteiger partial charge in [0.25, 0.3) is 5.91 Å². The van der Waals surface area contributed by atoms with E-state index >= 15 is 0 Å². The quantitative estimate of drug-likeness (QED) is 0.203. The van der Waals surface area contributed by atoms with Gasteiger partial charge in [0.05, 0.1) is 12.2 Å². The highest BCUT2D eigenvalue weighted by Crippen LogP contribution is 2.31. The van der Waals surface area contributed by atoms with Gasteiger partial charge in [-0.05, 0) is 87.3 Å². The van der Waals surface area contributed by atoms with Crippen molar-refractivity contribution in [2.45, 2.75) is 51.4 Å². The third-order valence-corrected chi connectivity index (χ3v) is 6.55. The van der Waals surface area contributed by atoms with Gasteiger partial charge in [0.1, 0.15) is 12.0 Å². The number of carbonyl (C=O) groups excluding carboxylic acids is 2. The molecule has 1 amide bonds. The van der Waals surface area contributed by atoms with E-state index in [0.717, 1.165) is 54.7 Å². The summed E-state index contributed by atoms with van der Waals surface area (Å²) in [6.45, 7) is 4.98. The summed E-state index contributed by atoms with van der Waals surface area (Å²) in [6.07, 6.45) is 1.05. The number of fused-ring (bicyclic) bond motifs is 1. The average molecular weight is 547 g/mol. The van der Waals surface area contributed by atoms with Crippen LogP contribution in [0.15, 0.2) is 54.2 Å². The summed E-state index contributed by atoms with van der Waals surface area (Å²) in [6, 6.07) is 10.7. The highest BCUT2D eigenvalue weighted by molar-refractivity contribution is 5.98. The van der Waals surface area contributed by atoms with Crippen molar-refractivity contribution in [1.82, 2.24) is 15.5 Å². The van der Waals surface area contributed by atoms with Crippen molar-refractivity contribution < 1.29 is 27.5 Å². The zero-order valence-corrected chi connectivity index (χ0v) is 22.4. The summed E-state index contributed by atoms with van der Waals surface area (Å²) >= 11 is 0. The van der Waals surface area contributed by atoms with Crippen molar-refractivity contribution in [3.05, 3.63) is 70.9 Å². The third kappa shape index (κ3) is 9.11. The molecule has 0 fully saturated rings. The molecule has 0 aromatic heterocycles. The van der Waals surface area contributed by atoms with Crippen molar-refractivity contribution in [2.75, 3.05) is 38.6 Å². The molecule has 1 unspecified atom stereocenters. The molecule has 2 aromatic rings. The molecule has 0 saturated carbocycles. The SMILES string of the molecule is CNC/C(=C\Nc1cccc(C(F)(F)F)c1)CNCCCCOc1ccc2c(c1)CN(C(C)CCC=O)C2=O. The molecular formula is C29H37F3N4O3. The van der Waals surface area contributed by atoms with Crippen molar-refractivity contribution in [3.63, 3.8) is 0 Å². The molecule has 1 heterocycles. The normalized spacial score (nSPS) is 14.3. The first-order chi connectivity index (χ1) is 18.7. The monoisotopic (exact) mass is 546 g/mol. The molecule has 10 heteroatoms. The van der Waals surface area contributed by atoms with Gasteiger partial charge in [-0.1, -0.05) is 6.07 Å². The number of benzene rings is 2. The van der Waals surface area contributed by atoms with E-state index in [2.05, 4.69) is 16.0 Å². The second kappa shape index (κ2) is 14.7. The number of nitrogens with one attached hydrogen (secondary N) is 3. The maximum Gasteiger partial charge on any atom is 0.416 e. The number of hydrogen-bond acceptors (Lipinski definition) is 6. The molecule has 0 saturated heterocycles. The number of nitrogens with zero attached hydrogens (tertiary/aromatic N) is 1. The van der Waals surface area contributed by atoms with Crippen LogP contribution in [0.2, 0.25) is 0 Å². The van der Waals surface area contributed by atoms with Crippen molar-refractivity contribution in [1.29, 1.82) is 0 Å². The van der Waals surface area contributed by atoms with Gasteiger partial charge < -0.3 is 30.4 Å². The zero-order chi connectivity index (χ0) is 28.3. The molecule has 212 valence electrons. The topological polar surface area (TPSA) is 82.7 Å². The lowest BCUT2D eigenvalue weighted by atomic mass is 10.1. The van der Waals surface area contributed by atoms with Crippen LogP contribution in [0.1, 0.15) is 54.1 Å². The van der Waals surface area contributed by atoms with Gasteiger partial charge in [-0.3, -0.25) is 4.79 Å². The predicted molar refractivity (Wildman–Crippen MR) is 146 cm³/mol. The van der Waals surface area contributed by atoms with Crippen LogP contribution in [0, 0.1) is 0 Å². The zero-order valence-electron chi connectivity index (χ0n) is 22.4. The fraction of sp³-hybridized carbons (Fsp3) is 0.448. The van der Waals surface area contributed by atoms with Crippen LogP contribution in [0.3, 0.4) is 0 Å². The molecule has 1 aliphatic heterocycles. The number of ether oxygens (including phenoxy) is 1. The highest BCUT2D eigenvalue weighted by Gasteiger charge is 2.31. The third-order valence-electron chi connectivity index (χ3n) is 6.55. The second-order valence-corrected chi connectivity index (χ2v) is 9.63. The minimum atomic E-state index is -4.38. The molecule has 3 N–H and O–H groups in total. The summed E-state index contributed by atoms with van der Waals surface area (Å²) in [7, 11) is 1.82. The molecule has 0 spiro atoms. The Balaban J connectivity index is 1.38. The molecule has 2 aromatic carbocycles. The smallest absolute Gasteiger partial charge is 0.416 e. The van der Waals surface area contributed by atoms with Gasteiger partial charge >= 0.3 is 6.18 Å². The fourth-order valence-electron chi connectivity index (χ4n) is 4.38. The summed E-state index contributed by atoms with van der Waals surface area (Å²) in [4.78, 5) is 25.1. The van der Waals surface area contributed by atoms with Crippen LogP contribution in [0.5, 0.6) is 5.75 Å².